The molecule has 0 aromatic rings. The van der Waals surface area contributed by atoms with E-state index in [4.69, 9.17) is 9.05 Å². The highest BCUT2D eigenvalue weighted by atomic mass is 31.2. The van der Waals surface area contributed by atoms with E-state index >= 15 is 0 Å². The van der Waals surface area contributed by atoms with Crippen molar-refractivity contribution in [3.63, 3.8) is 0 Å². The third-order valence-electron chi connectivity index (χ3n) is 4.08. The highest BCUT2D eigenvalue weighted by Gasteiger charge is 2.44. The second-order valence-corrected chi connectivity index (χ2v) is 13.1. The first-order chi connectivity index (χ1) is 10.5. The number of rotatable bonds is 15. The summed E-state index contributed by atoms with van der Waals surface area (Å²) in [6.07, 6.45) is 11.2. The van der Waals surface area contributed by atoms with Crippen LogP contribution >= 0.6 is 14.9 Å². The molecule has 5 heteroatoms. The summed E-state index contributed by atoms with van der Waals surface area (Å²) in [5.41, 5.74) is 0. The number of hydrogen-bond acceptors (Lipinski definition) is 3. The molecule has 0 N–H and O–H groups in total. The Kier molecular flexibility index (Phi) is 13.3. The minimum absolute atomic E-state index is 0.479. The van der Waals surface area contributed by atoms with E-state index in [0.29, 0.717) is 19.1 Å². The SMILES string of the molecule is CCCC[P+](CCCC)(CCCC)CP(=O)(OCC)OCC. The van der Waals surface area contributed by atoms with Gasteiger partial charge in [-0.3, -0.25) is 4.57 Å². The molecule has 0 heterocycles. The van der Waals surface area contributed by atoms with E-state index in [2.05, 4.69) is 20.8 Å². The van der Waals surface area contributed by atoms with Gasteiger partial charge in [0.15, 0.2) is 5.90 Å². The van der Waals surface area contributed by atoms with E-state index in [1.165, 1.54) is 57.0 Å². The predicted octanol–water partition coefficient (Wildman–Crippen LogP) is 6.63. The van der Waals surface area contributed by atoms with E-state index in [1.54, 1.807) is 0 Å². The van der Waals surface area contributed by atoms with Crippen LogP contribution in [0.3, 0.4) is 0 Å². The molecule has 0 spiro atoms. The van der Waals surface area contributed by atoms with Gasteiger partial charge in [-0.1, -0.05) is 40.0 Å². The van der Waals surface area contributed by atoms with Crippen molar-refractivity contribution in [2.45, 2.75) is 73.1 Å². The molecule has 0 unspecified atom stereocenters. The summed E-state index contributed by atoms with van der Waals surface area (Å²) in [6.45, 7) is 11.5. The Bertz CT molecular complexity index is 277. The summed E-state index contributed by atoms with van der Waals surface area (Å²) in [5, 5.41) is 0. The molecule has 0 aliphatic heterocycles. The zero-order valence-corrected chi connectivity index (χ0v) is 17.4. The molecule has 0 saturated heterocycles. The van der Waals surface area contributed by atoms with Crippen LogP contribution in [0.4, 0.5) is 0 Å². The standard InChI is InChI=1S/C17H39O3P2/c1-6-11-14-21(15-12-7-2,16-13-8-3)17-22(18,19-9-4)20-10-5/h6-17H2,1-5H3/q+1. The summed E-state index contributed by atoms with van der Waals surface area (Å²) in [4.78, 5) is 0. The molecule has 0 rings (SSSR count). The van der Waals surface area contributed by atoms with Crippen molar-refractivity contribution in [1.29, 1.82) is 0 Å². The van der Waals surface area contributed by atoms with E-state index in [9.17, 15) is 4.57 Å². The highest BCUT2D eigenvalue weighted by Crippen LogP contribution is 2.71. The van der Waals surface area contributed by atoms with Crippen molar-refractivity contribution in [2.24, 2.45) is 0 Å². The lowest BCUT2D eigenvalue weighted by molar-refractivity contribution is 0.224. The lowest BCUT2D eigenvalue weighted by Gasteiger charge is -2.30. The Morgan fingerprint density at radius 1 is 0.727 bits per heavy atom. The van der Waals surface area contributed by atoms with Gasteiger partial charge in [-0.2, -0.15) is 0 Å². The van der Waals surface area contributed by atoms with Gasteiger partial charge in [-0.05, 0) is 33.1 Å². The maximum atomic E-state index is 13.1. The molecule has 0 atom stereocenters. The van der Waals surface area contributed by atoms with Crippen molar-refractivity contribution in [2.75, 3.05) is 37.6 Å². The Labute approximate surface area is 139 Å². The van der Waals surface area contributed by atoms with Gasteiger partial charge >= 0.3 is 7.60 Å². The maximum Gasteiger partial charge on any atom is 0.367 e. The lowest BCUT2D eigenvalue weighted by Crippen LogP contribution is -2.15. The average molecular weight is 353 g/mol. The van der Waals surface area contributed by atoms with Crippen LogP contribution in [-0.4, -0.2) is 37.6 Å². The third kappa shape index (κ3) is 9.02. The fraction of sp³-hybridized carbons (Fsp3) is 1.00. The zero-order chi connectivity index (χ0) is 16.9. The molecular weight excluding hydrogens is 314 g/mol. The zero-order valence-electron chi connectivity index (χ0n) is 15.6. The van der Waals surface area contributed by atoms with Crippen LogP contribution in [-0.2, 0) is 13.6 Å². The molecule has 0 aliphatic carbocycles. The molecule has 22 heavy (non-hydrogen) atoms. The predicted molar refractivity (Wildman–Crippen MR) is 102 cm³/mol. The lowest BCUT2D eigenvalue weighted by atomic mass is 10.4. The van der Waals surface area contributed by atoms with Crippen molar-refractivity contribution in [1.82, 2.24) is 0 Å². The van der Waals surface area contributed by atoms with Crippen LogP contribution in [0.2, 0.25) is 0 Å². The summed E-state index contributed by atoms with van der Waals surface area (Å²) in [6, 6.07) is 0. The van der Waals surface area contributed by atoms with Crippen molar-refractivity contribution in [3.8, 4) is 0 Å². The molecule has 0 aliphatic rings. The first-order valence-electron chi connectivity index (χ1n) is 9.24. The molecule has 0 radical (unpaired) electrons. The normalized spacial score (nSPS) is 12.8. The smallest absolute Gasteiger partial charge is 0.306 e. The van der Waals surface area contributed by atoms with Gasteiger partial charge in [0.25, 0.3) is 0 Å². The fourth-order valence-corrected chi connectivity index (χ4v) is 12.7. The minimum Gasteiger partial charge on any atom is -0.306 e. The van der Waals surface area contributed by atoms with E-state index in [0.717, 1.165) is 0 Å². The molecule has 0 aromatic carbocycles. The van der Waals surface area contributed by atoms with Gasteiger partial charge in [-0.25, -0.2) is 0 Å². The molecule has 0 saturated carbocycles. The minimum atomic E-state index is -2.91. The van der Waals surface area contributed by atoms with E-state index in [1.807, 2.05) is 13.8 Å². The Balaban J connectivity index is 5.21. The molecule has 0 amide bonds. The van der Waals surface area contributed by atoms with E-state index in [-0.39, 0.29) is 0 Å². The van der Waals surface area contributed by atoms with Crippen LogP contribution in [0.15, 0.2) is 0 Å². The Morgan fingerprint density at radius 3 is 1.36 bits per heavy atom. The van der Waals surface area contributed by atoms with Gasteiger partial charge in [-0.15, -0.1) is 0 Å². The fourth-order valence-electron chi connectivity index (χ4n) is 2.91. The summed E-state index contributed by atoms with van der Waals surface area (Å²) >= 11 is 0. The van der Waals surface area contributed by atoms with Crippen molar-refractivity contribution < 1.29 is 13.6 Å². The first-order valence-corrected chi connectivity index (χ1v) is 13.5. The van der Waals surface area contributed by atoms with Crippen LogP contribution < -0.4 is 0 Å². The number of unbranched alkanes of at least 4 members (excludes halogenated alkanes) is 3. The summed E-state index contributed by atoms with van der Waals surface area (Å²) < 4.78 is 24.4. The average Bonchev–Trinajstić information content (AvgIpc) is 2.49. The Hall–Kier alpha value is 0.580. The second kappa shape index (κ2) is 12.9. The van der Waals surface area contributed by atoms with Gasteiger partial charge < -0.3 is 9.05 Å². The summed E-state index contributed by atoms with van der Waals surface area (Å²) in [5.74, 6) is 0.710. The maximum absolute atomic E-state index is 13.1. The first kappa shape index (κ1) is 22.6. The quantitative estimate of drug-likeness (QED) is 0.310. The van der Waals surface area contributed by atoms with Gasteiger partial charge in [0, 0.05) is 7.26 Å². The second-order valence-electron chi connectivity index (χ2n) is 6.16. The highest BCUT2D eigenvalue weighted by molar-refractivity contribution is 7.84. The topological polar surface area (TPSA) is 35.5 Å². The third-order valence-corrected chi connectivity index (χ3v) is 13.0. The van der Waals surface area contributed by atoms with E-state index < -0.39 is 14.9 Å². The van der Waals surface area contributed by atoms with Crippen LogP contribution in [0, 0.1) is 0 Å². The molecule has 0 fully saturated rings. The van der Waals surface area contributed by atoms with Crippen LogP contribution in [0.1, 0.15) is 73.1 Å². The Morgan fingerprint density at radius 2 is 1.09 bits per heavy atom. The molecule has 0 aromatic heterocycles. The molecule has 3 nitrogen and oxygen atoms in total. The molecular formula is C17H39O3P2+. The summed E-state index contributed by atoms with van der Waals surface area (Å²) in [7, 11) is -4.15. The number of hydrogen-bond donors (Lipinski definition) is 0. The van der Waals surface area contributed by atoms with Crippen molar-refractivity contribution in [3.05, 3.63) is 0 Å². The molecule has 134 valence electrons. The van der Waals surface area contributed by atoms with Crippen LogP contribution in [0.25, 0.3) is 0 Å². The molecule has 0 bridgehead atoms. The van der Waals surface area contributed by atoms with Crippen molar-refractivity contribution >= 4 is 14.9 Å². The largest absolute Gasteiger partial charge is 0.367 e. The van der Waals surface area contributed by atoms with Gasteiger partial charge in [0.1, 0.15) is 0 Å². The van der Waals surface area contributed by atoms with Gasteiger partial charge in [0.05, 0.1) is 31.7 Å². The monoisotopic (exact) mass is 353 g/mol. The van der Waals surface area contributed by atoms with Crippen LogP contribution in [0.5, 0.6) is 0 Å². The van der Waals surface area contributed by atoms with Gasteiger partial charge in [0.2, 0.25) is 0 Å².